The number of carbonyl (C=O) groups excluding carboxylic acids is 1. The first-order chi connectivity index (χ1) is 13.0. The van der Waals surface area contributed by atoms with E-state index in [0.717, 1.165) is 33.9 Å². The van der Waals surface area contributed by atoms with Crippen LogP contribution < -0.4 is 4.90 Å². The van der Waals surface area contributed by atoms with Crippen molar-refractivity contribution < 1.29 is 4.79 Å². The molecule has 0 saturated carbocycles. The van der Waals surface area contributed by atoms with E-state index in [9.17, 15) is 4.79 Å². The summed E-state index contributed by atoms with van der Waals surface area (Å²) in [5, 5.41) is 3.10. The number of aromatic nitrogens is 2. The molecule has 1 aliphatic rings. The maximum atomic E-state index is 12.6. The molecular weight excluding hydrogens is 354 g/mol. The Morgan fingerprint density at radius 2 is 1.93 bits per heavy atom. The number of amides is 1. The van der Waals surface area contributed by atoms with Gasteiger partial charge in [-0.15, -0.1) is 11.3 Å². The number of hydrogen-bond donors (Lipinski definition) is 0. The minimum absolute atomic E-state index is 0.157. The Morgan fingerprint density at radius 1 is 1.15 bits per heavy atom. The molecule has 138 valence electrons. The Labute approximate surface area is 163 Å². The first-order valence-electron chi connectivity index (χ1n) is 9.37. The summed E-state index contributed by atoms with van der Waals surface area (Å²) in [6, 6.07) is 10.5. The molecule has 2 aromatic heterocycles. The van der Waals surface area contributed by atoms with E-state index in [-0.39, 0.29) is 11.9 Å². The summed E-state index contributed by atoms with van der Waals surface area (Å²) in [5.74, 6) is 0.572. The summed E-state index contributed by atoms with van der Waals surface area (Å²) < 4.78 is 0. The smallest absolute Gasteiger partial charge is 0.227 e. The van der Waals surface area contributed by atoms with Crippen molar-refractivity contribution in [2.24, 2.45) is 0 Å². The van der Waals surface area contributed by atoms with Gasteiger partial charge in [-0.3, -0.25) is 9.78 Å². The highest BCUT2D eigenvalue weighted by molar-refractivity contribution is 7.13. The maximum Gasteiger partial charge on any atom is 0.227 e. The van der Waals surface area contributed by atoms with E-state index in [4.69, 9.17) is 4.98 Å². The highest BCUT2D eigenvalue weighted by atomic mass is 32.1. The topological polar surface area (TPSA) is 46.1 Å². The lowest BCUT2D eigenvalue weighted by molar-refractivity contribution is -0.119. The van der Waals surface area contributed by atoms with E-state index in [1.807, 2.05) is 17.0 Å². The van der Waals surface area contributed by atoms with Gasteiger partial charge in [0.1, 0.15) is 5.01 Å². The third kappa shape index (κ3) is 3.39. The van der Waals surface area contributed by atoms with Crippen LogP contribution in [0.5, 0.6) is 0 Å². The molecule has 0 fully saturated rings. The van der Waals surface area contributed by atoms with E-state index in [0.29, 0.717) is 12.3 Å². The number of carbonyl (C=O) groups is 1. The normalized spacial score (nSPS) is 17.1. The molecule has 3 heterocycles. The minimum Gasteiger partial charge on any atom is -0.310 e. The van der Waals surface area contributed by atoms with E-state index >= 15 is 0 Å². The Morgan fingerprint density at radius 3 is 2.67 bits per heavy atom. The lowest BCUT2D eigenvalue weighted by atomic mass is 9.93. The molecule has 3 aromatic rings. The van der Waals surface area contributed by atoms with E-state index < -0.39 is 0 Å². The van der Waals surface area contributed by atoms with Crippen molar-refractivity contribution in [1.29, 1.82) is 0 Å². The van der Waals surface area contributed by atoms with Gasteiger partial charge in [0.25, 0.3) is 0 Å². The van der Waals surface area contributed by atoms with Crippen LogP contribution in [0.15, 0.2) is 48.1 Å². The molecule has 0 spiro atoms. The van der Waals surface area contributed by atoms with Crippen LogP contribution in [-0.2, 0) is 4.79 Å². The first kappa shape index (κ1) is 17.9. The van der Waals surface area contributed by atoms with Gasteiger partial charge in [0.05, 0.1) is 5.69 Å². The van der Waals surface area contributed by atoms with Crippen LogP contribution in [0.3, 0.4) is 0 Å². The second-order valence-electron chi connectivity index (χ2n) is 7.34. The molecule has 1 unspecified atom stereocenters. The van der Waals surface area contributed by atoms with Crippen molar-refractivity contribution in [2.75, 3.05) is 4.90 Å². The third-order valence-electron chi connectivity index (χ3n) is 5.12. The van der Waals surface area contributed by atoms with Gasteiger partial charge in [0.15, 0.2) is 0 Å². The lowest BCUT2D eigenvalue weighted by Crippen LogP contribution is -2.36. The van der Waals surface area contributed by atoms with E-state index in [1.165, 1.54) is 5.56 Å². The molecule has 1 atom stereocenters. The predicted octanol–water partition coefficient (Wildman–Crippen LogP) is 5.51. The SMILES string of the molecule is CC1CCC(=O)N(C(C)C)c2ccc(-c3csc(-c4ccncc4)n3)cc21. The average Bonchev–Trinajstić information content (AvgIpc) is 3.12. The zero-order chi connectivity index (χ0) is 19.0. The lowest BCUT2D eigenvalue weighted by Gasteiger charge is -2.27. The van der Waals surface area contributed by atoms with Crippen molar-refractivity contribution in [3.8, 4) is 21.8 Å². The van der Waals surface area contributed by atoms with Gasteiger partial charge < -0.3 is 4.90 Å². The second-order valence-corrected chi connectivity index (χ2v) is 8.20. The van der Waals surface area contributed by atoms with Gasteiger partial charge in [-0.2, -0.15) is 0 Å². The van der Waals surface area contributed by atoms with Crippen LogP contribution in [0, 0.1) is 0 Å². The summed E-state index contributed by atoms with van der Waals surface area (Å²) in [6.45, 7) is 6.36. The fourth-order valence-corrected chi connectivity index (χ4v) is 4.51. The van der Waals surface area contributed by atoms with Gasteiger partial charge in [0.2, 0.25) is 5.91 Å². The van der Waals surface area contributed by atoms with Crippen molar-refractivity contribution in [1.82, 2.24) is 9.97 Å². The number of benzene rings is 1. The number of rotatable bonds is 3. The first-order valence-corrected chi connectivity index (χ1v) is 10.2. The van der Waals surface area contributed by atoms with Crippen molar-refractivity contribution in [3.05, 3.63) is 53.7 Å². The summed E-state index contributed by atoms with van der Waals surface area (Å²) in [6.07, 6.45) is 5.07. The summed E-state index contributed by atoms with van der Waals surface area (Å²) >= 11 is 1.64. The Kier molecular flexibility index (Phi) is 4.79. The van der Waals surface area contributed by atoms with Crippen LogP contribution in [-0.4, -0.2) is 21.9 Å². The van der Waals surface area contributed by atoms with Crippen LogP contribution in [0.1, 0.15) is 45.1 Å². The number of anilines is 1. The monoisotopic (exact) mass is 377 g/mol. The third-order valence-corrected chi connectivity index (χ3v) is 6.01. The van der Waals surface area contributed by atoms with E-state index in [2.05, 4.69) is 49.3 Å². The second kappa shape index (κ2) is 7.24. The molecule has 0 N–H and O–H groups in total. The Hall–Kier alpha value is -2.53. The average molecular weight is 378 g/mol. The number of fused-ring (bicyclic) bond motifs is 1. The summed E-state index contributed by atoms with van der Waals surface area (Å²) in [4.78, 5) is 23.4. The molecule has 1 aliphatic heterocycles. The molecule has 27 heavy (non-hydrogen) atoms. The van der Waals surface area contributed by atoms with Gasteiger partial charge in [-0.1, -0.05) is 13.0 Å². The van der Waals surface area contributed by atoms with Gasteiger partial charge >= 0.3 is 0 Å². The van der Waals surface area contributed by atoms with Crippen LogP contribution >= 0.6 is 11.3 Å². The van der Waals surface area contributed by atoms with Gasteiger partial charge in [-0.25, -0.2) is 4.98 Å². The molecule has 4 nitrogen and oxygen atoms in total. The van der Waals surface area contributed by atoms with E-state index in [1.54, 1.807) is 23.7 Å². The minimum atomic E-state index is 0.157. The standard InChI is InChI=1S/C22H23N3OS/c1-14(2)25-20-6-5-17(12-18(20)15(3)4-7-21(25)26)19-13-27-22(24-19)16-8-10-23-11-9-16/h5-6,8-15H,4,7H2,1-3H3. The molecule has 0 bridgehead atoms. The molecule has 0 aliphatic carbocycles. The molecule has 1 amide bonds. The number of nitrogens with zero attached hydrogens (tertiary/aromatic N) is 3. The quantitative estimate of drug-likeness (QED) is 0.604. The molecule has 5 heteroatoms. The van der Waals surface area contributed by atoms with Crippen LogP contribution in [0.4, 0.5) is 5.69 Å². The van der Waals surface area contributed by atoms with Gasteiger partial charge in [0, 0.05) is 47.1 Å². The van der Waals surface area contributed by atoms with Crippen molar-refractivity contribution in [2.45, 2.75) is 45.6 Å². The van der Waals surface area contributed by atoms with Gasteiger partial charge in [-0.05, 0) is 56.0 Å². The Bertz CT molecular complexity index is 965. The number of pyridine rings is 1. The van der Waals surface area contributed by atoms with Crippen molar-refractivity contribution >= 4 is 22.9 Å². The fourth-order valence-electron chi connectivity index (χ4n) is 3.68. The predicted molar refractivity (Wildman–Crippen MR) is 111 cm³/mol. The molecule has 1 aromatic carbocycles. The zero-order valence-electron chi connectivity index (χ0n) is 15.8. The number of hydrogen-bond acceptors (Lipinski definition) is 4. The highest BCUT2D eigenvalue weighted by Gasteiger charge is 2.28. The van der Waals surface area contributed by atoms with Crippen LogP contribution in [0.25, 0.3) is 21.8 Å². The molecule has 4 rings (SSSR count). The fraction of sp³-hybridized carbons (Fsp3) is 0.318. The largest absolute Gasteiger partial charge is 0.310 e. The summed E-state index contributed by atoms with van der Waals surface area (Å²) in [5.41, 5.74) is 5.46. The van der Waals surface area contributed by atoms with Crippen LogP contribution in [0.2, 0.25) is 0 Å². The molecule has 0 radical (unpaired) electrons. The molecular formula is C22H23N3OS. The maximum absolute atomic E-state index is 12.6. The molecule has 0 saturated heterocycles. The zero-order valence-corrected chi connectivity index (χ0v) is 16.7. The van der Waals surface area contributed by atoms with Crippen molar-refractivity contribution in [3.63, 3.8) is 0 Å². The summed E-state index contributed by atoms with van der Waals surface area (Å²) in [7, 11) is 0. The highest BCUT2D eigenvalue weighted by Crippen LogP contribution is 2.39. The Balaban J connectivity index is 1.75. The number of thiazole rings is 1.